The number of quaternary nitrogens is 1. The van der Waals surface area contributed by atoms with Crippen LogP contribution in [0.5, 0.6) is 0 Å². The highest BCUT2D eigenvalue weighted by atomic mass is 16.3. The van der Waals surface area contributed by atoms with Gasteiger partial charge in [-0.05, 0) is 26.2 Å². The Bertz CT molecular complexity index is 288. The first kappa shape index (κ1) is 16.4. The van der Waals surface area contributed by atoms with Crippen molar-refractivity contribution in [2.24, 2.45) is 4.99 Å². The molecular weight excluding hydrogens is 236 g/mol. The van der Waals surface area contributed by atoms with Crippen molar-refractivity contribution in [3.05, 3.63) is 12.2 Å². The first-order chi connectivity index (χ1) is 9.29. The van der Waals surface area contributed by atoms with E-state index in [1.54, 1.807) is 0 Å². The molecule has 0 aromatic heterocycles. The van der Waals surface area contributed by atoms with Crippen LogP contribution in [0.1, 0.15) is 52.4 Å². The molecule has 0 aromatic rings. The first-order valence-electron chi connectivity index (χ1n) is 7.92. The van der Waals surface area contributed by atoms with Crippen LogP contribution in [0.4, 0.5) is 0 Å². The number of aliphatic hydroxyl groups is 1. The van der Waals surface area contributed by atoms with Gasteiger partial charge in [0.1, 0.15) is 13.1 Å². The SMILES string of the molecule is CCCCC/C=C/CCC1N=CC[N+]1(CC)CCO. The lowest BCUT2D eigenvalue weighted by Crippen LogP contribution is -2.53. The van der Waals surface area contributed by atoms with E-state index in [0.29, 0.717) is 6.17 Å². The smallest absolute Gasteiger partial charge is 0.183 e. The second-order valence-electron chi connectivity index (χ2n) is 5.52. The summed E-state index contributed by atoms with van der Waals surface area (Å²) in [5.74, 6) is 0. The van der Waals surface area contributed by atoms with Gasteiger partial charge in [0.05, 0.1) is 19.4 Å². The van der Waals surface area contributed by atoms with E-state index in [0.717, 1.165) is 37.0 Å². The zero-order valence-corrected chi connectivity index (χ0v) is 12.7. The van der Waals surface area contributed by atoms with Crippen molar-refractivity contribution in [3.63, 3.8) is 0 Å². The quantitative estimate of drug-likeness (QED) is 0.368. The predicted molar refractivity (Wildman–Crippen MR) is 82.4 cm³/mol. The zero-order valence-electron chi connectivity index (χ0n) is 12.7. The largest absolute Gasteiger partial charge is 0.391 e. The predicted octanol–water partition coefficient (Wildman–Crippen LogP) is 3.14. The van der Waals surface area contributed by atoms with Gasteiger partial charge in [-0.2, -0.15) is 0 Å². The molecule has 0 radical (unpaired) electrons. The number of likely N-dealkylation sites (N-methyl/N-ethyl adjacent to an activating group) is 1. The third-order valence-corrected chi connectivity index (χ3v) is 4.26. The Morgan fingerprint density at radius 2 is 2.05 bits per heavy atom. The van der Waals surface area contributed by atoms with Crippen LogP contribution in [0.15, 0.2) is 17.1 Å². The van der Waals surface area contributed by atoms with E-state index in [1.165, 1.54) is 25.7 Å². The van der Waals surface area contributed by atoms with Crippen molar-refractivity contribution in [3.8, 4) is 0 Å². The number of unbranched alkanes of at least 4 members (excludes halogenated alkanes) is 3. The maximum Gasteiger partial charge on any atom is 0.183 e. The topological polar surface area (TPSA) is 32.6 Å². The molecule has 0 amide bonds. The summed E-state index contributed by atoms with van der Waals surface area (Å²) in [7, 11) is 0. The van der Waals surface area contributed by atoms with Crippen LogP contribution in [0.3, 0.4) is 0 Å². The number of allylic oxidation sites excluding steroid dienone is 2. The van der Waals surface area contributed by atoms with Gasteiger partial charge in [-0.3, -0.25) is 4.48 Å². The molecule has 0 aromatic carbocycles. The fourth-order valence-electron chi connectivity index (χ4n) is 2.87. The van der Waals surface area contributed by atoms with Gasteiger partial charge >= 0.3 is 0 Å². The molecular formula is C16H31N2O+. The lowest BCUT2D eigenvalue weighted by atomic mass is 10.1. The standard InChI is InChI=1S/C16H31N2O/c1-3-5-6-7-8-9-10-11-16-17-12-13-18(16,4-2)14-15-19/h8-9,12,16,19H,3-7,10-11,13-15H2,1-2H3/q+1/b9-8+. The normalized spacial score (nSPS) is 26.6. The van der Waals surface area contributed by atoms with Crippen molar-refractivity contribution in [2.75, 3.05) is 26.2 Å². The highest BCUT2D eigenvalue weighted by Crippen LogP contribution is 2.22. The zero-order chi connectivity index (χ0) is 14.0. The molecule has 1 aliphatic rings. The van der Waals surface area contributed by atoms with Crippen LogP contribution in [0.25, 0.3) is 0 Å². The fourth-order valence-corrected chi connectivity index (χ4v) is 2.87. The Balaban J connectivity index is 2.29. The Morgan fingerprint density at radius 3 is 2.74 bits per heavy atom. The molecule has 2 atom stereocenters. The van der Waals surface area contributed by atoms with Gasteiger partial charge in [-0.1, -0.05) is 31.9 Å². The van der Waals surface area contributed by atoms with Gasteiger partial charge in [-0.25, -0.2) is 4.99 Å². The molecule has 0 saturated heterocycles. The van der Waals surface area contributed by atoms with Crippen molar-refractivity contribution >= 4 is 6.21 Å². The molecule has 0 aliphatic carbocycles. The van der Waals surface area contributed by atoms with Crippen LogP contribution < -0.4 is 0 Å². The second-order valence-corrected chi connectivity index (χ2v) is 5.52. The number of aliphatic hydroxyl groups excluding tert-OH is 1. The van der Waals surface area contributed by atoms with E-state index in [4.69, 9.17) is 0 Å². The third kappa shape index (κ3) is 5.07. The molecule has 0 spiro atoms. The van der Waals surface area contributed by atoms with Crippen LogP contribution >= 0.6 is 0 Å². The van der Waals surface area contributed by atoms with Crippen molar-refractivity contribution in [2.45, 2.75) is 58.5 Å². The molecule has 0 saturated carbocycles. The molecule has 110 valence electrons. The maximum absolute atomic E-state index is 9.25. The average Bonchev–Trinajstić information content (AvgIpc) is 2.82. The van der Waals surface area contributed by atoms with Crippen molar-refractivity contribution in [1.29, 1.82) is 0 Å². The van der Waals surface area contributed by atoms with Gasteiger partial charge < -0.3 is 5.11 Å². The molecule has 0 bridgehead atoms. The number of aliphatic imine (C=N–C) groups is 1. The molecule has 3 nitrogen and oxygen atoms in total. The molecule has 0 fully saturated rings. The minimum absolute atomic E-state index is 0.264. The van der Waals surface area contributed by atoms with Gasteiger partial charge in [-0.15, -0.1) is 0 Å². The van der Waals surface area contributed by atoms with E-state index in [2.05, 4.69) is 37.2 Å². The maximum atomic E-state index is 9.25. The van der Waals surface area contributed by atoms with E-state index in [9.17, 15) is 5.11 Å². The van der Waals surface area contributed by atoms with Gasteiger partial charge in [0.2, 0.25) is 0 Å². The summed E-state index contributed by atoms with van der Waals surface area (Å²) >= 11 is 0. The summed E-state index contributed by atoms with van der Waals surface area (Å²) in [6.07, 6.45) is 14.4. The summed E-state index contributed by atoms with van der Waals surface area (Å²) in [4.78, 5) is 4.63. The summed E-state index contributed by atoms with van der Waals surface area (Å²) < 4.78 is 0.945. The summed E-state index contributed by atoms with van der Waals surface area (Å²) in [6, 6.07) is 0. The lowest BCUT2D eigenvalue weighted by Gasteiger charge is -2.37. The molecule has 1 N–H and O–H groups in total. The molecule has 1 aliphatic heterocycles. The second kappa shape index (κ2) is 9.27. The van der Waals surface area contributed by atoms with Gasteiger partial charge in [0.15, 0.2) is 6.17 Å². The molecule has 2 unspecified atom stereocenters. The number of rotatable bonds is 10. The fraction of sp³-hybridized carbons (Fsp3) is 0.812. The molecule has 19 heavy (non-hydrogen) atoms. The van der Waals surface area contributed by atoms with Crippen molar-refractivity contribution < 1.29 is 9.59 Å². The van der Waals surface area contributed by atoms with Gasteiger partial charge in [0, 0.05) is 6.42 Å². The van der Waals surface area contributed by atoms with E-state index < -0.39 is 0 Å². The van der Waals surface area contributed by atoms with Crippen LogP contribution in [-0.4, -0.2) is 48.2 Å². The monoisotopic (exact) mass is 267 g/mol. The Kier molecular flexibility index (Phi) is 7.99. The number of hydrogen-bond acceptors (Lipinski definition) is 2. The Morgan fingerprint density at radius 1 is 1.26 bits per heavy atom. The van der Waals surface area contributed by atoms with E-state index in [-0.39, 0.29) is 6.61 Å². The highest BCUT2D eigenvalue weighted by molar-refractivity contribution is 5.60. The lowest BCUT2D eigenvalue weighted by molar-refractivity contribution is -0.936. The molecule has 3 heteroatoms. The van der Waals surface area contributed by atoms with E-state index >= 15 is 0 Å². The molecule has 1 rings (SSSR count). The third-order valence-electron chi connectivity index (χ3n) is 4.26. The minimum Gasteiger partial charge on any atom is -0.391 e. The average molecular weight is 267 g/mol. The Hall–Kier alpha value is -0.670. The Labute approximate surface area is 118 Å². The van der Waals surface area contributed by atoms with Gasteiger partial charge in [0.25, 0.3) is 0 Å². The summed E-state index contributed by atoms with van der Waals surface area (Å²) in [5.41, 5.74) is 0. The summed E-state index contributed by atoms with van der Waals surface area (Å²) in [5, 5.41) is 9.25. The van der Waals surface area contributed by atoms with Crippen LogP contribution in [0.2, 0.25) is 0 Å². The van der Waals surface area contributed by atoms with Crippen LogP contribution in [-0.2, 0) is 0 Å². The van der Waals surface area contributed by atoms with E-state index in [1.807, 2.05) is 0 Å². The number of hydrogen-bond donors (Lipinski definition) is 1. The minimum atomic E-state index is 0.264. The number of nitrogens with zero attached hydrogens (tertiary/aromatic N) is 2. The molecule has 1 heterocycles. The van der Waals surface area contributed by atoms with Crippen LogP contribution in [0, 0.1) is 0 Å². The first-order valence-corrected chi connectivity index (χ1v) is 7.92. The van der Waals surface area contributed by atoms with Crippen molar-refractivity contribution in [1.82, 2.24) is 0 Å². The summed E-state index contributed by atoms with van der Waals surface area (Å²) in [6.45, 7) is 7.60. The highest BCUT2D eigenvalue weighted by Gasteiger charge is 2.36.